The van der Waals surface area contributed by atoms with E-state index in [1.807, 2.05) is 24.3 Å². The van der Waals surface area contributed by atoms with E-state index in [4.69, 9.17) is 9.47 Å². The summed E-state index contributed by atoms with van der Waals surface area (Å²) in [6.07, 6.45) is 9.72. The number of carbonyl (C=O) groups excluding carboxylic acids is 1. The van der Waals surface area contributed by atoms with Gasteiger partial charge in [0.2, 0.25) is 0 Å². The van der Waals surface area contributed by atoms with Crippen LogP contribution in [0.25, 0.3) is 5.57 Å². The zero-order valence-electron chi connectivity index (χ0n) is 20.4. The molecule has 170 valence electrons. The molecule has 3 nitrogen and oxygen atoms in total. The second-order valence-electron chi connectivity index (χ2n) is 9.27. The van der Waals surface area contributed by atoms with Crippen LogP contribution >= 0.6 is 0 Å². The lowest BCUT2D eigenvalue weighted by Gasteiger charge is -2.37. The van der Waals surface area contributed by atoms with Gasteiger partial charge < -0.3 is 9.47 Å². The van der Waals surface area contributed by atoms with Crippen molar-refractivity contribution in [3.05, 3.63) is 58.7 Å². The molecule has 0 atom stereocenters. The molecule has 0 amide bonds. The van der Waals surface area contributed by atoms with Crippen LogP contribution in [0.5, 0.6) is 5.75 Å². The summed E-state index contributed by atoms with van der Waals surface area (Å²) in [6.45, 7) is 15.6. The van der Waals surface area contributed by atoms with Crippen molar-refractivity contribution >= 4 is 11.5 Å². The Morgan fingerprint density at radius 3 is 2.58 bits per heavy atom. The third-order valence-corrected chi connectivity index (χ3v) is 6.35. The molecule has 0 aliphatic heterocycles. The van der Waals surface area contributed by atoms with E-state index in [-0.39, 0.29) is 11.4 Å². The number of rotatable bonds is 10. The molecule has 0 fully saturated rings. The molecule has 0 heterocycles. The number of ether oxygens (including phenoxy) is 2. The first-order chi connectivity index (χ1) is 14.8. The zero-order valence-corrected chi connectivity index (χ0v) is 20.4. The second kappa shape index (κ2) is 11.4. The van der Waals surface area contributed by atoms with E-state index in [0.717, 1.165) is 36.8 Å². The average molecular weight is 425 g/mol. The summed E-state index contributed by atoms with van der Waals surface area (Å²) in [5.74, 6) is 0.402. The number of esters is 1. The first-order valence-electron chi connectivity index (χ1n) is 11.7. The smallest absolute Gasteiger partial charge is 0.338 e. The summed E-state index contributed by atoms with van der Waals surface area (Å²) in [5, 5.41) is 0. The van der Waals surface area contributed by atoms with Crippen molar-refractivity contribution in [1.29, 1.82) is 0 Å². The quantitative estimate of drug-likeness (QED) is 0.217. The van der Waals surface area contributed by atoms with Gasteiger partial charge in [0.05, 0.1) is 19.3 Å². The number of hydrogen-bond donors (Lipinski definition) is 0. The zero-order chi connectivity index (χ0) is 23.0. The van der Waals surface area contributed by atoms with Gasteiger partial charge in [-0.05, 0) is 79.9 Å². The molecule has 1 aliphatic carbocycles. The fraction of sp³-hybridized carbons (Fsp3) is 0.536. The maximum Gasteiger partial charge on any atom is 0.338 e. The summed E-state index contributed by atoms with van der Waals surface area (Å²) in [6, 6.07) is 5.67. The molecule has 0 radical (unpaired) electrons. The number of methoxy groups -OCH3 is 1. The van der Waals surface area contributed by atoms with Crippen LogP contribution in [0.3, 0.4) is 0 Å². The third-order valence-electron chi connectivity index (χ3n) is 6.35. The highest BCUT2D eigenvalue weighted by Crippen LogP contribution is 2.49. The number of allylic oxidation sites excluding steroid dienone is 5. The van der Waals surface area contributed by atoms with Crippen LogP contribution in [0.15, 0.2) is 47.6 Å². The normalized spacial score (nSPS) is 16.6. The van der Waals surface area contributed by atoms with Crippen molar-refractivity contribution in [3.63, 3.8) is 0 Å². The molecular formula is C28H40O3. The maximum absolute atomic E-state index is 12.6. The van der Waals surface area contributed by atoms with Crippen molar-refractivity contribution in [2.75, 3.05) is 13.7 Å². The molecule has 0 spiro atoms. The molecule has 3 heteroatoms. The van der Waals surface area contributed by atoms with E-state index >= 15 is 0 Å². The Morgan fingerprint density at radius 1 is 1.23 bits per heavy atom. The monoisotopic (exact) mass is 424 g/mol. The van der Waals surface area contributed by atoms with E-state index in [1.165, 1.54) is 36.0 Å². The lowest BCUT2D eigenvalue weighted by Crippen LogP contribution is -2.22. The predicted octanol–water partition coefficient (Wildman–Crippen LogP) is 7.92. The molecule has 2 rings (SSSR count). The van der Waals surface area contributed by atoms with Crippen LogP contribution in [-0.2, 0) is 4.74 Å². The summed E-state index contributed by atoms with van der Waals surface area (Å²) >= 11 is 0. The minimum absolute atomic E-state index is 0.0725. The van der Waals surface area contributed by atoms with Gasteiger partial charge in [-0.1, -0.05) is 58.3 Å². The van der Waals surface area contributed by atoms with Gasteiger partial charge in [0, 0.05) is 5.56 Å². The highest BCUT2D eigenvalue weighted by Gasteiger charge is 2.33. The van der Waals surface area contributed by atoms with Gasteiger partial charge in [-0.3, -0.25) is 0 Å². The number of benzene rings is 1. The molecule has 0 saturated carbocycles. The van der Waals surface area contributed by atoms with Gasteiger partial charge in [-0.15, -0.1) is 0 Å². The standard InChI is InChI=1S/C28H40O3/c1-8-10-11-12-18-31-27(29)22-15-16-23(24(19-22)30-7)25(20(3)9-2)26-21(4)14-13-17-28(26,5)6/h9,15-16,19H,2,8,10-14,17-18H2,1,3-7H3/b25-20-. The number of carbonyl (C=O) groups is 1. The van der Waals surface area contributed by atoms with E-state index in [0.29, 0.717) is 17.9 Å². The molecule has 0 N–H and O–H groups in total. The molecule has 0 bridgehead atoms. The highest BCUT2D eigenvalue weighted by atomic mass is 16.5. The minimum Gasteiger partial charge on any atom is -0.496 e. The van der Waals surface area contributed by atoms with Crippen LogP contribution in [-0.4, -0.2) is 19.7 Å². The fourth-order valence-electron chi connectivity index (χ4n) is 4.62. The van der Waals surface area contributed by atoms with E-state index in [1.54, 1.807) is 7.11 Å². The summed E-state index contributed by atoms with van der Waals surface area (Å²) in [4.78, 5) is 12.6. The minimum atomic E-state index is -0.291. The van der Waals surface area contributed by atoms with Crippen LogP contribution in [0.4, 0.5) is 0 Å². The summed E-state index contributed by atoms with van der Waals surface area (Å²) < 4.78 is 11.2. The number of hydrogen-bond acceptors (Lipinski definition) is 3. The van der Waals surface area contributed by atoms with Crippen LogP contribution in [0, 0.1) is 5.41 Å². The van der Waals surface area contributed by atoms with Crippen LogP contribution in [0.2, 0.25) is 0 Å². The Hall–Kier alpha value is -2.29. The third kappa shape index (κ3) is 6.12. The molecule has 1 aromatic carbocycles. The lowest BCUT2D eigenvalue weighted by molar-refractivity contribution is 0.0497. The van der Waals surface area contributed by atoms with Crippen molar-refractivity contribution in [2.24, 2.45) is 5.41 Å². The van der Waals surface area contributed by atoms with Gasteiger partial charge in [-0.2, -0.15) is 0 Å². The number of unbranched alkanes of at least 4 members (excludes halogenated alkanes) is 3. The molecule has 0 saturated heterocycles. The molecular weight excluding hydrogens is 384 g/mol. The molecule has 31 heavy (non-hydrogen) atoms. The SMILES string of the molecule is C=C/C(C)=C(\C1=C(C)CCCC1(C)C)c1ccc(C(=O)OCCCCCC)cc1OC. The predicted molar refractivity (Wildman–Crippen MR) is 131 cm³/mol. The summed E-state index contributed by atoms with van der Waals surface area (Å²) in [5.41, 5.74) is 6.69. The molecule has 0 unspecified atom stereocenters. The maximum atomic E-state index is 12.6. The Balaban J connectivity index is 2.41. The van der Waals surface area contributed by atoms with Gasteiger partial charge in [-0.25, -0.2) is 4.79 Å². The molecule has 1 aromatic rings. The summed E-state index contributed by atoms with van der Waals surface area (Å²) in [7, 11) is 1.66. The second-order valence-corrected chi connectivity index (χ2v) is 9.27. The van der Waals surface area contributed by atoms with Gasteiger partial charge >= 0.3 is 5.97 Å². The molecule has 1 aliphatic rings. The van der Waals surface area contributed by atoms with E-state index in [2.05, 4.69) is 41.2 Å². The van der Waals surface area contributed by atoms with Crippen LogP contribution < -0.4 is 4.74 Å². The highest BCUT2D eigenvalue weighted by molar-refractivity contribution is 5.93. The van der Waals surface area contributed by atoms with Gasteiger partial charge in [0.25, 0.3) is 0 Å². The van der Waals surface area contributed by atoms with Crippen molar-refractivity contribution in [3.8, 4) is 5.75 Å². The van der Waals surface area contributed by atoms with Crippen molar-refractivity contribution in [1.82, 2.24) is 0 Å². The first-order valence-corrected chi connectivity index (χ1v) is 11.7. The van der Waals surface area contributed by atoms with Gasteiger partial charge in [0.1, 0.15) is 5.75 Å². The van der Waals surface area contributed by atoms with Crippen molar-refractivity contribution in [2.45, 2.75) is 79.6 Å². The average Bonchev–Trinajstić information content (AvgIpc) is 2.75. The van der Waals surface area contributed by atoms with Crippen LogP contribution in [0.1, 0.15) is 95.5 Å². The van der Waals surface area contributed by atoms with E-state index in [9.17, 15) is 4.79 Å². The Labute approximate surface area is 189 Å². The largest absolute Gasteiger partial charge is 0.496 e. The van der Waals surface area contributed by atoms with E-state index < -0.39 is 0 Å². The Morgan fingerprint density at radius 2 is 1.97 bits per heavy atom. The van der Waals surface area contributed by atoms with Crippen molar-refractivity contribution < 1.29 is 14.3 Å². The first kappa shape index (κ1) is 25.0. The van der Waals surface area contributed by atoms with Gasteiger partial charge in [0.15, 0.2) is 0 Å². The lowest BCUT2D eigenvalue weighted by atomic mass is 9.68. The topological polar surface area (TPSA) is 35.5 Å². The Bertz CT molecular complexity index is 855. The fourth-order valence-corrected chi connectivity index (χ4v) is 4.62. The Kier molecular flexibility index (Phi) is 9.15. The molecule has 0 aromatic heterocycles.